The maximum atomic E-state index is 11.3. The molecule has 1 aliphatic heterocycles. The van der Waals surface area contributed by atoms with Crippen molar-refractivity contribution in [1.29, 1.82) is 0 Å². The van der Waals surface area contributed by atoms with Crippen LogP contribution >= 0.6 is 23.5 Å². The highest BCUT2D eigenvalue weighted by Crippen LogP contribution is 2.27. The largest absolute Gasteiger partial charge is 0.303 e. The fourth-order valence-electron chi connectivity index (χ4n) is 1.04. The van der Waals surface area contributed by atoms with Gasteiger partial charge < -0.3 is 4.79 Å². The molecular weight excluding hydrogens is 192 g/mol. The predicted molar refractivity (Wildman–Crippen MR) is 53.6 cm³/mol. The molecule has 1 fully saturated rings. The van der Waals surface area contributed by atoms with E-state index in [1.807, 2.05) is 0 Å². The SMILES string of the molecule is O=CCCC1SCCCSC1=O. The summed E-state index contributed by atoms with van der Waals surface area (Å²) in [5.41, 5.74) is 0. The van der Waals surface area contributed by atoms with Gasteiger partial charge in [0, 0.05) is 12.2 Å². The standard InChI is InChI=1S/C8H12O2S2/c9-4-1-3-7-8(10)12-6-2-5-11-7/h4,7H,1-3,5-6H2. The molecule has 0 radical (unpaired) electrons. The molecule has 68 valence electrons. The topological polar surface area (TPSA) is 34.1 Å². The first-order chi connectivity index (χ1) is 5.84. The molecule has 1 rings (SSSR count). The summed E-state index contributed by atoms with van der Waals surface area (Å²) >= 11 is 3.12. The Hall–Kier alpha value is 0.0400. The van der Waals surface area contributed by atoms with E-state index in [0.29, 0.717) is 6.42 Å². The van der Waals surface area contributed by atoms with Crippen LogP contribution in [0.4, 0.5) is 0 Å². The maximum Gasteiger partial charge on any atom is 0.201 e. The summed E-state index contributed by atoms with van der Waals surface area (Å²) in [6.07, 6.45) is 3.24. The number of rotatable bonds is 3. The molecule has 0 aliphatic carbocycles. The minimum absolute atomic E-state index is 0.0719. The van der Waals surface area contributed by atoms with Crippen LogP contribution in [0.1, 0.15) is 19.3 Å². The first-order valence-electron chi connectivity index (χ1n) is 4.06. The van der Waals surface area contributed by atoms with E-state index < -0.39 is 0 Å². The number of hydrogen-bond acceptors (Lipinski definition) is 4. The molecule has 0 aromatic rings. The van der Waals surface area contributed by atoms with Crippen molar-refractivity contribution in [1.82, 2.24) is 0 Å². The summed E-state index contributed by atoms with van der Waals surface area (Å²) < 4.78 is 0. The lowest BCUT2D eigenvalue weighted by molar-refractivity contribution is -0.110. The Morgan fingerprint density at radius 3 is 3.08 bits per heavy atom. The Morgan fingerprint density at radius 1 is 1.50 bits per heavy atom. The summed E-state index contributed by atoms with van der Waals surface area (Å²) in [4.78, 5) is 21.5. The lowest BCUT2D eigenvalue weighted by Crippen LogP contribution is -2.12. The van der Waals surface area contributed by atoms with Crippen LogP contribution in [-0.2, 0) is 9.59 Å². The molecule has 1 heterocycles. The van der Waals surface area contributed by atoms with Gasteiger partial charge in [-0.3, -0.25) is 4.79 Å². The molecule has 0 spiro atoms. The van der Waals surface area contributed by atoms with Crippen molar-refractivity contribution in [3.63, 3.8) is 0 Å². The van der Waals surface area contributed by atoms with Crippen LogP contribution in [0.3, 0.4) is 0 Å². The van der Waals surface area contributed by atoms with Crippen molar-refractivity contribution in [3.05, 3.63) is 0 Å². The first kappa shape index (κ1) is 10.1. The lowest BCUT2D eigenvalue weighted by Gasteiger charge is -2.08. The van der Waals surface area contributed by atoms with Crippen LogP contribution in [0.25, 0.3) is 0 Å². The lowest BCUT2D eigenvalue weighted by atomic mass is 10.2. The first-order valence-corrected chi connectivity index (χ1v) is 6.10. The van der Waals surface area contributed by atoms with Crippen LogP contribution in [0.2, 0.25) is 0 Å². The van der Waals surface area contributed by atoms with Crippen LogP contribution in [0.5, 0.6) is 0 Å². The summed E-state index contributed by atoms with van der Waals surface area (Å²) in [6.45, 7) is 0. The van der Waals surface area contributed by atoms with Crippen molar-refractivity contribution < 1.29 is 9.59 Å². The summed E-state index contributed by atoms with van der Waals surface area (Å²) in [5, 5.41) is 0.335. The molecular formula is C8H12O2S2. The Labute approximate surface area is 80.9 Å². The van der Waals surface area contributed by atoms with Gasteiger partial charge in [-0.15, -0.1) is 11.8 Å². The molecule has 0 bridgehead atoms. The molecule has 0 aromatic heterocycles. The van der Waals surface area contributed by atoms with Crippen molar-refractivity contribution >= 4 is 34.9 Å². The van der Waals surface area contributed by atoms with E-state index in [-0.39, 0.29) is 10.4 Å². The molecule has 0 N–H and O–H groups in total. The Morgan fingerprint density at radius 2 is 2.33 bits per heavy atom. The molecule has 12 heavy (non-hydrogen) atoms. The second-order valence-electron chi connectivity index (χ2n) is 2.62. The zero-order valence-electron chi connectivity index (χ0n) is 6.82. The van der Waals surface area contributed by atoms with E-state index in [9.17, 15) is 9.59 Å². The second-order valence-corrected chi connectivity index (χ2v) is 5.03. The quantitative estimate of drug-likeness (QED) is 0.656. The van der Waals surface area contributed by atoms with Gasteiger partial charge in [0.25, 0.3) is 0 Å². The van der Waals surface area contributed by atoms with Crippen LogP contribution in [0, 0.1) is 0 Å². The molecule has 1 saturated heterocycles. The molecule has 0 aromatic carbocycles. The third-order valence-electron chi connectivity index (χ3n) is 1.66. The summed E-state index contributed by atoms with van der Waals surface area (Å²) in [5.74, 6) is 2.01. The van der Waals surface area contributed by atoms with Gasteiger partial charge >= 0.3 is 0 Å². The number of hydrogen-bond donors (Lipinski definition) is 0. The van der Waals surface area contributed by atoms with Gasteiger partial charge in [-0.1, -0.05) is 11.8 Å². The molecule has 1 unspecified atom stereocenters. The maximum absolute atomic E-state index is 11.3. The van der Waals surface area contributed by atoms with Gasteiger partial charge in [0.05, 0.1) is 5.25 Å². The van der Waals surface area contributed by atoms with E-state index in [1.54, 1.807) is 11.8 Å². The van der Waals surface area contributed by atoms with Gasteiger partial charge in [-0.25, -0.2) is 0 Å². The Balaban J connectivity index is 2.36. The average Bonchev–Trinajstić information content (AvgIpc) is 2.27. The third-order valence-corrected chi connectivity index (χ3v) is 4.25. The highest BCUT2D eigenvalue weighted by atomic mass is 32.2. The molecule has 4 heteroatoms. The molecule has 1 aliphatic rings. The number of aldehydes is 1. The molecule has 1 atom stereocenters. The van der Waals surface area contributed by atoms with Crippen molar-refractivity contribution in [3.8, 4) is 0 Å². The monoisotopic (exact) mass is 204 g/mol. The highest BCUT2D eigenvalue weighted by molar-refractivity contribution is 8.16. The number of carbonyl (C=O) groups is 2. The normalized spacial score (nSPS) is 25.0. The summed E-state index contributed by atoms with van der Waals surface area (Å²) in [6, 6.07) is 0. The van der Waals surface area contributed by atoms with Crippen LogP contribution in [0.15, 0.2) is 0 Å². The minimum Gasteiger partial charge on any atom is -0.303 e. The smallest absolute Gasteiger partial charge is 0.201 e. The fraction of sp³-hybridized carbons (Fsp3) is 0.750. The van der Waals surface area contributed by atoms with Crippen molar-refractivity contribution in [2.24, 2.45) is 0 Å². The molecule has 0 saturated carbocycles. The fourth-order valence-corrected chi connectivity index (χ4v) is 3.46. The second kappa shape index (κ2) is 5.65. The van der Waals surface area contributed by atoms with Gasteiger partial charge in [-0.2, -0.15) is 0 Å². The van der Waals surface area contributed by atoms with Gasteiger partial charge in [0.2, 0.25) is 5.12 Å². The van der Waals surface area contributed by atoms with Crippen molar-refractivity contribution in [2.45, 2.75) is 24.5 Å². The van der Waals surface area contributed by atoms with E-state index in [0.717, 1.165) is 30.6 Å². The van der Waals surface area contributed by atoms with Crippen molar-refractivity contribution in [2.75, 3.05) is 11.5 Å². The van der Waals surface area contributed by atoms with E-state index in [2.05, 4.69) is 0 Å². The third kappa shape index (κ3) is 3.19. The van der Waals surface area contributed by atoms with E-state index in [4.69, 9.17) is 0 Å². The van der Waals surface area contributed by atoms with E-state index >= 15 is 0 Å². The Kier molecular flexibility index (Phi) is 4.76. The number of carbonyl (C=O) groups excluding carboxylic acids is 2. The Bertz CT molecular complexity index is 170. The molecule has 2 nitrogen and oxygen atoms in total. The van der Waals surface area contributed by atoms with Gasteiger partial charge in [0.1, 0.15) is 6.29 Å². The summed E-state index contributed by atoms with van der Waals surface area (Å²) in [7, 11) is 0. The van der Waals surface area contributed by atoms with Gasteiger partial charge in [0.15, 0.2) is 0 Å². The highest BCUT2D eigenvalue weighted by Gasteiger charge is 2.21. The van der Waals surface area contributed by atoms with Gasteiger partial charge in [-0.05, 0) is 18.6 Å². The molecule has 0 amide bonds. The van der Waals surface area contributed by atoms with Crippen LogP contribution < -0.4 is 0 Å². The predicted octanol–water partition coefficient (Wildman–Crippen LogP) is 1.73. The minimum atomic E-state index is 0.0719. The zero-order valence-corrected chi connectivity index (χ0v) is 8.46. The number of thioether (sulfide) groups is 2. The average molecular weight is 204 g/mol. The van der Waals surface area contributed by atoms with E-state index in [1.165, 1.54) is 11.8 Å². The van der Waals surface area contributed by atoms with Crippen LogP contribution in [-0.4, -0.2) is 28.2 Å². The zero-order chi connectivity index (χ0) is 8.81.